The largest absolute Gasteiger partial charge is 0.379 e. The van der Waals surface area contributed by atoms with Gasteiger partial charge >= 0.3 is 0 Å². The molecule has 2 fully saturated rings. The number of morpholine rings is 1. The summed E-state index contributed by atoms with van der Waals surface area (Å²) in [5.74, 6) is 0.904. The maximum atomic E-state index is 5.83. The molecule has 3 aromatic rings. The number of aryl methyl sites for hydroxylation is 1. The fraction of sp³-hybridized carbons (Fsp3) is 0.375. The van der Waals surface area contributed by atoms with Crippen LogP contribution >= 0.6 is 12.2 Å². The molecule has 5 heterocycles. The number of hydrogen-bond acceptors (Lipinski definition) is 5. The average Bonchev–Trinajstić information content (AvgIpc) is 3.43. The number of rotatable bonds is 6. The molecule has 7 nitrogen and oxygen atoms in total. The molecule has 1 N–H and O–H groups in total. The number of thiocarbonyl (C=S) groups is 1. The molecule has 32 heavy (non-hydrogen) atoms. The summed E-state index contributed by atoms with van der Waals surface area (Å²) in [6.07, 6.45) is 5.82. The Morgan fingerprint density at radius 3 is 2.69 bits per heavy atom. The Kier molecular flexibility index (Phi) is 6.16. The fourth-order valence-corrected chi connectivity index (χ4v) is 4.82. The Hall–Kier alpha value is -2.81. The topological polar surface area (TPSA) is 58.5 Å². The van der Waals surface area contributed by atoms with Crippen LogP contribution in [0.2, 0.25) is 0 Å². The molecule has 5 rings (SSSR count). The third kappa shape index (κ3) is 4.26. The van der Waals surface area contributed by atoms with Crippen LogP contribution in [0.3, 0.4) is 0 Å². The van der Waals surface area contributed by atoms with Gasteiger partial charge in [-0.25, -0.2) is 4.98 Å². The zero-order chi connectivity index (χ0) is 21.9. The van der Waals surface area contributed by atoms with Gasteiger partial charge in [-0.15, -0.1) is 0 Å². The van der Waals surface area contributed by atoms with Crippen LogP contribution in [0.1, 0.15) is 29.0 Å². The van der Waals surface area contributed by atoms with Crippen LogP contribution in [-0.4, -0.2) is 68.8 Å². The van der Waals surface area contributed by atoms with Crippen molar-refractivity contribution in [2.24, 2.45) is 0 Å². The summed E-state index contributed by atoms with van der Waals surface area (Å²) in [7, 11) is 0. The lowest BCUT2D eigenvalue weighted by Gasteiger charge is -2.32. The van der Waals surface area contributed by atoms with E-state index in [1.54, 1.807) is 0 Å². The molecule has 2 aliphatic heterocycles. The number of pyridine rings is 2. The minimum atomic E-state index is -0.0347. The maximum absolute atomic E-state index is 5.83. The molecule has 0 aliphatic carbocycles. The Morgan fingerprint density at radius 2 is 1.94 bits per heavy atom. The van der Waals surface area contributed by atoms with Gasteiger partial charge in [0.1, 0.15) is 5.82 Å². The van der Waals surface area contributed by atoms with Crippen LogP contribution in [0, 0.1) is 6.92 Å². The molecule has 2 saturated heterocycles. The molecular formula is C24H28N6OS. The minimum absolute atomic E-state index is 0.0107. The van der Waals surface area contributed by atoms with E-state index in [0.29, 0.717) is 0 Å². The van der Waals surface area contributed by atoms with Gasteiger partial charge in [-0.05, 0) is 55.0 Å². The van der Waals surface area contributed by atoms with Crippen molar-refractivity contribution in [1.29, 1.82) is 0 Å². The van der Waals surface area contributed by atoms with Gasteiger partial charge in [0.25, 0.3) is 0 Å². The lowest BCUT2D eigenvalue weighted by Crippen LogP contribution is -2.42. The van der Waals surface area contributed by atoms with Crippen LogP contribution in [-0.2, 0) is 4.74 Å². The first-order chi connectivity index (χ1) is 15.7. The van der Waals surface area contributed by atoms with Crippen molar-refractivity contribution in [3.05, 3.63) is 78.0 Å². The summed E-state index contributed by atoms with van der Waals surface area (Å²) >= 11 is 5.83. The van der Waals surface area contributed by atoms with Gasteiger partial charge < -0.3 is 19.5 Å². The van der Waals surface area contributed by atoms with E-state index in [2.05, 4.69) is 73.1 Å². The van der Waals surface area contributed by atoms with Crippen molar-refractivity contribution in [2.45, 2.75) is 19.0 Å². The normalized spacial score (nSPS) is 21.7. The highest BCUT2D eigenvalue weighted by Gasteiger charge is 2.41. The van der Waals surface area contributed by atoms with Gasteiger partial charge in [-0.3, -0.25) is 9.88 Å². The number of ether oxygens (including phenoxy) is 1. The van der Waals surface area contributed by atoms with Crippen molar-refractivity contribution in [3.8, 4) is 5.82 Å². The predicted octanol–water partition coefficient (Wildman–Crippen LogP) is 2.88. The van der Waals surface area contributed by atoms with Crippen LogP contribution in [0.25, 0.3) is 5.82 Å². The molecule has 0 unspecified atom stereocenters. The summed E-state index contributed by atoms with van der Waals surface area (Å²) in [6.45, 7) is 7.36. The second-order valence-corrected chi connectivity index (χ2v) is 8.66. The quantitative estimate of drug-likeness (QED) is 0.582. The number of hydrogen-bond donors (Lipinski definition) is 1. The second-order valence-electron chi connectivity index (χ2n) is 8.27. The van der Waals surface area contributed by atoms with E-state index >= 15 is 0 Å². The lowest BCUT2D eigenvalue weighted by molar-refractivity contribution is 0.0349. The molecule has 0 radical (unpaired) electrons. The molecule has 3 aromatic heterocycles. The maximum Gasteiger partial charge on any atom is 0.170 e. The first-order valence-corrected chi connectivity index (χ1v) is 11.5. The van der Waals surface area contributed by atoms with Gasteiger partial charge in [-0.1, -0.05) is 12.1 Å². The van der Waals surface area contributed by atoms with Gasteiger partial charge in [0.2, 0.25) is 0 Å². The average molecular weight is 449 g/mol. The van der Waals surface area contributed by atoms with E-state index < -0.39 is 0 Å². The van der Waals surface area contributed by atoms with E-state index in [4.69, 9.17) is 17.0 Å². The first-order valence-electron chi connectivity index (χ1n) is 11.1. The molecule has 0 spiro atoms. The van der Waals surface area contributed by atoms with E-state index in [-0.39, 0.29) is 12.1 Å². The van der Waals surface area contributed by atoms with E-state index in [1.807, 2.05) is 24.5 Å². The summed E-state index contributed by atoms with van der Waals surface area (Å²) in [4.78, 5) is 14.1. The molecule has 8 heteroatoms. The van der Waals surface area contributed by atoms with Gasteiger partial charge in [0.15, 0.2) is 5.11 Å². The number of aromatic nitrogens is 3. The zero-order valence-corrected chi connectivity index (χ0v) is 19.0. The van der Waals surface area contributed by atoms with E-state index in [0.717, 1.165) is 67.3 Å². The van der Waals surface area contributed by atoms with Crippen molar-refractivity contribution in [1.82, 2.24) is 29.7 Å². The Bertz CT molecular complexity index is 1050. The van der Waals surface area contributed by atoms with Gasteiger partial charge in [0, 0.05) is 50.5 Å². The summed E-state index contributed by atoms with van der Waals surface area (Å²) in [5, 5.41) is 4.32. The van der Waals surface area contributed by atoms with Crippen molar-refractivity contribution in [2.75, 3.05) is 39.4 Å². The fourth-order valence-electron chi connectivity index (χ4n) is 4.49. The van der Waals surface area contributed by atoms with E-state index in [9.17, 15) is 0 Å². The van der Waals surface area contributed by atoms with Crippen LogP contribution < -0.4 is 5.32 Å². The molecule has 2 aliphatic rings. The summed E-state index contributed by atoms with van der Waals surface area (Å²) in [6, 6.07) is 14.4. The molecule has 0 aromatic carbocycles. The SMILES string of the molecule is Cc1ccc(-n2cccc2[C@@H]2[C@H](c3ccccn3)NC(=S)N2CCN2CCOCC2)nc1. The molecular weight excluding hydrogens is 420 g/mol. The zero-order valence-electron chi connectivity index (χ0n) is 18.2. The highest BCUT2D eigenvalue weighted by Crippen LogP contribution is 2.39. The first kappa shape index (κ1) is 21.1. The van der Waals surface area contributed by atoms with Gasteiger partial charge in [-0.2, -0.15) is 0 Å². The third-order valence-corrected chi connectivity index (χ3v) is 6.54. The monoisotopic (exact) mass is 448 g/mol. The van der Waals surface area contributed by atoms with Crippen LogP contribution in [0.5, 0.6) is 0 Å². The third-order valence-electron chi connectivity index (χ3n) is 6.18. The Morgan fingerprint density at radius 1 is 1.06 bits per heavy atom. The molecule has 166 valence electrons. The smallest absolute Gasteiger partial charge is 0.170 e. The van der Waals surface area contributed by atoms with Crippen LogP contribution in [0.4, 0.5) is 0 Å². The molecule has 0 amide bonds. The second kappa shape index (κ2) is 9.36. The number of nitrogens with zero attached hydrogens (tertiary/aromatic N) is 5. The predicted molar refractivity (Wildman–Crippen MR) is 128 cm³/mol. The Labute approximate surface area is 194 Å². The number of nitrogens with one attached hydrogen (secondary N) is 1. The lowest BCUT2D eigenvalue weighted by atomic mass is 10.0. The highest BCUT2D eigenvalue weighted by atomic mass is 32.1. The standard InChI is InChI=1S/C24H28N6OS/c1-18-7-8-21(26-17-18)29-10-4-6-20(29)23-22(19-5-2-3-9-25-19)27-24(32)30(23)12-11-28-13-15-31-16-14-28/h2-10,17,22-23H,11-16H2,1H3,(H,27,32)/t22-,23+/m0/s1. The van der Waals surface area contributed by atoms with Crippen LogP contribution in [0.15, 0.2) is 61.1 Å². The van der Waals surface area contributed by atoms with Gasteiger partial charge in [0.05, 0.1) is 31.0 Å². The summed E-state index contributed by atoms with van der Waals surface area (Å²) in [5.41, 5.74) is 3.27. The molecule has 0 bridgehead atoms. The van der Waals surface area contributed by atoms with Crippen molar-refractivity contribution >= 4 is 17.3 Å². The summed E-state index contributed by atoms with van der Waals surface area (Å²) < 4.78 is 7.67. The van der Waals surface area contributed by atoms with Crippen molar-refractivity contribution < 1.29 is 4.74 Å². The minimum Gasteiger partial charge on any atom is -0.379 e. The van der Waals surface area contributed by atoms with Crippen molar-refractivity contribution in [3.63, 3.8) is 0 Å². The molecule has 0 saturated carbocycles. The molecule has 2 atom stereocenters. The van der Waals surface area contributed by atoms with E-state index in [1.165, 1.54) is 0 Å². The Balaban J connectivity index is 1.49. The highest BCUT2D eigenvalue weighted by molar-refractivity contribution is 7.80.